The summed E-state index contributed by atoms with van der Waals surface area (Å²) < 4.78 is 34.2. The molecular formula is C19H19ClN4O3S. The van der Waals surface area contributed by atoms with Crippen LogP contribution in [0.2, 0.25) is 5.02 Å². The molecule has 1 fully saturated rings. The molecule has 146 valence electrons. The van der Waals surface area contributed by atoms with Crippen LogP contribution >= 0.6 is 11.6 Å². The van der Waals surface area contributed by atoms with Crippen molar-refractivity contribution in [3.8, 4) is 0 Å². The van der Waals surface area contributed by atoms with Gasteiger partial charge in [0.05, 0.1) is 22.8 Å². The first-order chi connectivity index (χ1) is 13.4. The van der Waals surface area contributed by atoms with Gasteiger partial charge in [-0.2, -0.15) is 9.40 Å². The molecular weight excluding hydrogens is 400 g/mol. The lowest BCUT2D eigenvalue weighted by molar-refractivity contribution is 0.134. The average molecular weight is 419 g/mol. The van der Waals surface area contributed by atoms with Crippen molar-refractivity contribution in [3.63, 3.8) is 0 Å². The van der Waals surface area contributed by atoms with Crippen molar-refractivity contribution in [1.29, 1.82) is 0 Å². The number of aromatic amines is 1. The highest BCUT2D eigenvalue weighted by atomic mass is 35.5. The largest absolute Gasteiger partial charge is 0.361 e. The first-order valence-corrected chi connectivity index (χ1v) is 11.0. The molecule has 1 N–H and O–H groups in total. The Morgan fingerprint density at radius 1 is 1.25 bits per heavy atom. The van der Waals surface area contributed by atoms with Crippen LogP contribution in [0.5, 0.6) is 0 Å². The van der Waals surface area contributed by atoms with E-state index in [0.717, 1.165) is 22.7 Å². The fraction of sp³-hybridized carbons (Fsp3) is 0.368. The normalized spacial score (nSPS) is 24.9. The van der Waals surface area contributed by atoms with Gasteiger partial charge in [0.2, 0.25) is 10.0 Å². The first kappa shape index (κ1) is 17.9. The molecule has 2 bridgehead atoms. The van der Waals surface area contributed by atoms with Crippen LogP contribution in [-0.2, 0) is 16.4 Å². The second-order valence-corrected chi connectivity index (χ2v) is 9.79. The number of aromatic nitrogens is 3. The topological polar surface area (TPSA) is 92.1 Å². The minimum atomic E-state index is -3.67. The van der Waals surface area contributed by atoms with Gasteiger partial charge in [0.15, 0.2) is 0 Å². The van der Waals surface area contributed by atoms with Crippen LogP contribution in [0.3, 0.4) is 0 Å². The number of piperidine rings is 1. The number of sulfonamides is 1. The third-order valence-electron chi connectivity index (χ3n) is 5.72. The van der Waals surface area contributed by atoms with E-state index in [9.17, 15) is 8.42 Å². The second kappa shape index (κ2) is 6.43. The highest BCUT2D eigenvalue weighted by Gasteiger charge is 2.48. The lowest BCUT2D eigenvalue weighted by Gasteiger charge is -2.46. The molecule has 0 radical (unpaired) electrons. The van der Waals surface area contributed by atoms with Gasteiger partial charge >= 0.3 is 0 Å². The second-order valence-electron chi connectivity index (χ2n) is 7.51. The van der Waals surface area contributed by atoms with E-state index in [0.29, 0.717) is 24.3 Å². The summed E-state index contributed by atoms with van der Waals surface area (Å²) in [6.07, 6.45) is 3.65. The number of H-pyrrole nitrogens is 1. The van der Waals surface area contributed by atoms with E-state index in [4.69, 9.17) is 16.1 Å². The minimum absolute atomic E-state index is 0.121. The molecule has 1 aromatic carbocycles. The number of halogens is 1. The summed E-state index contributed by atoms with van der Waals surface area (Å²) in [5, 5.41) is 11.7. The van der Waals surface area contributed by atoms with Gasteiger partial charge in [-0.25, -0.2) is 8.42 Å². The maximum Gasteiger partial charge on any atom is 0.243 e. The van der Waals surface area contributed by atoms with Crippen LogP contribution in [0.25, 0.3) is 0 Å². The van der Waals surface area contributed by atoms with Gasteiger partial charge in [-0.15, -0.1) is 0 Å². The number of benzene rings is 1. The van der Waals surface area contributed by atoms with E-state index >= 15 is 0 Å². The average Bonchev–Trinajstić information content (AvgIpc) is 3.30. The van der Waals surface area contributed by atoms with Crippen LogP contribution in [0, 0.1) is 6.92 Å². The van der Waals surface area contributed by atoms with E-state index in [-0.39, 0.29) is 22.9 Å². The summed E-state index contributed by atoms with van der Waals surface area (Å²) in [5.41, 5.74) is 2.79. The Kier molecular flexibility index (Phi) is 4.12. The van der Waals surface area contributed by atoms with Crippen molar-refractivity contribution in [2.45, 2.75) is 49.1 Å². The highest BCUT2D eigenvalue weighted by Crippen LogP contribution is 2.49. The van der Waals surface area contributed by atoms with Crippen LogP contribution in [0.1, 0.15) is 47.5 Å². The maximum atomic E-state index is 13.5. The summed E-state index contributed by atoms with van der Waals surface area (Å²) in [6.45, 7) is 1.89. The number of aryl methyl sites for hydroxylation is 1. The Morgan fingerprint density at radius 2 is 2.04 bits per heavy atom. The molecule has 5 rings (SSSR count). The van der Waals surface area contributed by atoms with Crippen LogP contribution in [0.4, 0.5) is 0 Å². The van der Waals surface area contributed by atoms with Gasteiger partial charge < -0.3 is 4.52 Å². The Hall–Kier alpha value is -2.16. The first-order valence-electron chi connectivity index (χ1n) is 9.18. The molecule has 4 heterocycles. The molecule has 0 spiro atoms. The van der Waals surface area contributed by atoms with Crippen molar-refractivity contribution in [2.75, 3.05) is 0 Å². The van der Waals surface area contributed by atoms with Crippen LogP contribution in [0.15, 0.2) is 45.9 Å². The molecule has 2 aliphatic heterocycles. The third kappa shape index (κ3) is 2.78. The number of nitrogens with one attached hydrogen (secondary N) is 1. The van der Waals surface area contributed by atoms with E-state index in [1.165, 1.54) is 0 Å². The lowest BCUT2D eigenvalue weighted by atomic mass is 9.78. The van der Waals surface area contributed by atoms with Gasteiger partial charge in [-0.1, -0.05) is 16.8 Å². The molecule has 2 aliphatic rings. The minimum Gasteiger partial charge on any atom is -0.361 e. The predicted molar refractivity (Wildman–Crippen MR) is 103 cm³/mol. The number of nitrogens with zero attached hydrogens (tertiary/aromatic N) is 3. The number of hydrogen-bond acceptors (Lipinski definition) is 5. The molecule has 3 aromatic rings. The molecule has 0 saturated carbocycles. The highest BCUT2D eigenvalue weighted by molar-refractivity contribution is 7.89. The smallest absolute Gasteiger partial charge is 0.243 e. The zero-order chi connectivity index (χ0) is 19.5. The zero-order valence-corrected chi connectivity index (χ0v) is 16.7. The quantitative estimate of drug-likeness (QED) is 0.701. The molecule has 3 unspecified atom stereocenters. The van der Waals surface area contributed by atoms with Crippen molar-refractivity contribution in [2.24, 2.45) is 0 Å². The Bertz CT molecular complexity index is 1120. The number of fused-ring (bicyclic) bond motifs is 4. The molecule has 9 heteroatoms. The van der Waals surface area contributed by atoms with Crippen LogP contribution in [-0.4, -0.2) is 34.1 Å². The Labute approximate surface area is 167 Å². The monoisotopic (exact) mass is 418 g/mol. The maximum absolute atomic E-state index is 13.5. The summed E-state index contributed by atoms with van der Waals surface area (Å²) in [6, 6.07) is 7.82. The van der Waals surface area contributed by atoms with Crippen molar-refractivity contribution < 1.29 is 12.9 Å². The molecule has 1 saturated heterocycles. The van der Waals surface area contributed by atoms with E-state index < -0.39 is 10.0 Å². The molecule has 2 aromatic heterocycles. The van der Waals surface area contributed by atoms with Crippen molar-refractivity contribution in [3.05, 3.63) is 64.3 Å². The summed E-state index contributed by atoms with van der Waals surface area (Å²) in [4.78, 5) is 0.257. The standard InChI is InChI=1S/C19H19ClN4O3S/c1-11-6-19(27-23-11)12-7-14-9-17-16(10-21-22-17)18(8-12)24(14)28(25,26)15-4-2-13(20)3-5-15/h2-6,10,12,14,18H,7-9H2,1H3,(H,21,22). The Morgan fingerprint density at radius 3 is 2.75 bits per heavy atom. The number of hydrogen-bond donors (Lipinski definition) is 1. The fourth-order valence-electron chi connectivity index (χ4n) is 4.50. The van der Waals surface area contributed by atoms with Crippen molar-refractivity contribution in [1.82, 2.24) is 19.7 Å². The molecule has 7 nitrogen and oxygen atoms in total. The van der Waals surface area contributed by atoms with Gasteiger partial charge in [-0.3, -0.25) is 5.10 Å². The van der Waals surface area contributed by atoms with Gasteiger partial charge in [0, 0.05) is 40.7 Å². The summed E-state index contributed by atoms with van der Waals surface area (Å²) in [7, 11) is -3.67. The van der Waals surface area contributed by atoms with E-state index in [1.807, 2.05) is 13.0 Å². The van der Waals surface area contributed by atoms with Crippen molar-refractivity contribution >= 4 is 21.6 Å². The lowest BCUT2D eigenvalue weighted by Crippen LogP contribution is -2.51. The van der Waals surface area contributed by atoms with Gasteiger partial charge in [0.1, 0.15) is 5.76 Å². The number of rotatable bonds is 3. The molecule has 28 heavy (non-hydrogen) atoms. The summed E-state index contributed by atoms with van der Waals surface area (Å²) in [5.74, 6) is 0.943. The van der Waals surface area contributed by atoms with Gasteiger partial charge in [-0.05, 0) is 44.0 Å². The third-order valence-corrected chi connectivity index (χ3v) is 7.95. The molecule has 0 aliphatic carbocycles. The zero-order valence-electron chi connectivity index (χ0n) is 15.2. The SMILES string of the molecule is Cc1cc(C2CC3Cc4[nH]ncc4C(C2)N3S(=O)(=O)c2ccc(Cl)cc2)on1. The summed E-state index contributed by atoms with van der Waals surface area (Å²) >= 11 is 5.95. The predicted octanol–water partition coefficient (Wildman–Crippen LogP) is 3.59. The van der Waals surface area contributed by atoms with Gasteiger partial charge in [0.25, 0.3) is 0 Å². The van der Waals surface area contributed by atoms with E-state index in [2.05, 4.69) is 15.4 Å². The van der Waals surface area contributed by atoms with Crippen LogP contribution < -0.4 is 0 Å². The van der Waals surface area contributed by atoms with E-state index in [1.54, 1.807) is 34.8 Å². The molecule has 0 amide bonds. The Balaban J connectivity index is 1.57. The molecule has 3 atom stereocenters. The fourth-order valence-corrected chi connectivity index (χ4v) is 6.44.